The van der Waals surface area contributed by atoms with E-state index in [0.717, 1.165) is 31.5 Å². The Hall–Kier alpha value is -2.28. The Labute approximate surface area is 146 Å². The molecule has 1 aromatic heterocycles. The van der Waals surface area contributed by atoms with Crippen LogP contribution in [0, 0.1) is 12.7 Å². The SMILES string of the molecule is Cc1nonc1CC(=O)NC[C@H](c1ccc(F)cc1)N1CCCCC1. The Kier molecular flexibility index (Phi) is 5.75. The third-order valence-electron chi connectivity index (χ3n) is 4.65. The van der Waals surface area contributed by atoms with Gasteiger partial charge in [0.25, 0.3) is 0 Å². The summed E-state index contributed by atoms with van der Waals surface area (Å²) >= 11 is 0. The molecule has 0 bridgehead atoms. The lowest BCUT2D eigenvalue weighted by Crippen LogP contribution is -2.41. The van der Waals surface area contributed by atoms with Crippen molar-refractivity contribution in [3.05, 3.63) is 47.0 Å². The molecule has 1 aliphatic rings. The lowest BCUT2D eigenvalue weighted by molar-refractivity contribution is -0.120. The van der Waals surface area contributed by atoms with Gasteiger partial charge in [0.15, 0.2) is 0 Å². The molecule has 134 valence electrons. The summed E-state index contributed by atoms with van der Waals surface area (Å²) in [6.07, 6.45) is 3.67. The second-order valence-electron chi connectivity index (χ2n) is 6.44. The Morgan fingerprint density at radius 3 is 2.60 bits per heavy atom. The van der Waals surface area contributed by atoms with Crippen LogP contribution in [0.25, 0.3) is 0 Å². The zero-order valence-electron chi connectivity index (χ0n) is 14.4. The summed E-state index contributed by atoms with van der Waals surface area (Å²) in [6.45, 7) is 4.22. The fourth-order valence-electron chi connectivity index (χ4n) is 3.21. The van der Waals surface area contributed by atoms with E-state index in [1.54, 1.807) is 19.1 Å². The molecule has 2 heterocycles. The zero-order valence-corrected chi connectivity index (χ0v) is 14.4. The van der Waals surface area contributed by atoms with Gasteiger partial charge in [0, 0.05) is 6.54 Å². The normalized spacial score (nSPS) is 16.6. The molecule has 1 saturated heterocycles. The van der Waals surface area contributed by atoms with Gasteiger partial charge >= 0.3 is 0 Å². The number of halogens is 1. The van der Waals surface area contributed by atoms with Gasteiger partial charge in [-0.1, -0.05) is 28.9 Å². The quantitative estimate of drug-likeness (QED) is 0.870. The highest BCUT2D eigenvalue weighted by Gasteiger charge is 2.23. The first-order chi connectivity index (χ1) is 12.1. The molecule has 1 fully saturated rings. The predicted octanol–water partition coefficient (Wildman–Crippen LogP) is 2.40. The molecule has 25 heavy (non-hydrogen) atoms. The molecule has 0 saturated carbocycles. The molecule has 1 N–H and O–H groups in total. The van der Waals surface area contributed by atoms with Crippen molar-refractivity contribution in [1.82, 2.24) is 20.5 Å². The Morgan fingerprint density at radius 1 is 1.24 bits per heavy atom. The van der Waals surface area contributed by atoms with E-state index in [9.17, 15) is 9.18 Å². The van der Waals surface area contributed by atoms with Crippen LogP contribution in [0.15, 0.2) is 28.9 Å². The van der Waals surface area contributed by atoms with Crippen LogP contribution in [0.2, 0.25) is 0 Å². The average molecular weight is 346 g/mol. The minimum atomic E-state index is -0.251. The number of carbonyl (C=O) groups excluding carboxylic acids is 1. The van der Waals surface area contributed by atoms with E-state index in [1.807, 2.05) is 0 Å². The van der Waals surface area contributed by atoms with Crippen molar-refractivity contribution < 1.29 is 13.8 Å². The summed E-state index contributed by atoms with van der Waals surface area (Å²) in [7, 11) is 0. The molecule has 1 amide bonds. The summed E-state index contributed by atoms with van der Waals surface area (Å²) in [5, 5.41) is 10.4. The number of nitrogens with one attached hydrogen (secondary N) is 1. The molecule has 0 unspecified atom stereocenters. The molecule has 6 nitrogen and oxygen atoms in total. The van der Waals surface area contributed by atoms with Gasteiger partial charge in [0.05, 0.1) is 12.5 Å². The van der Waals surface area contributed by atoms with Crippen molar-refractivity contribution in [2.45, 2.75) is 38.6 Å². The highest BCUT2D eigenvalue weighted by molar-refractivity contribution is 5.78. The maximum atomic E-state index is 13.3. The molecule has 0 spiro atoms. The number of nitrogens with zero attached hydrogens (tertiary/aromatic N) is 3. The second kappa shape index (κ2) is 8.20. The number of piperidine rings is 1. The molecular weight excluding hydrogens is 323 g/mol. The molecule has 7 heteroatoms. The van der Waals surface area contributed by atoms with E-state index in [-0.39, 0.29) is 24.2 Å². The predicted molar refractivity (Wildman–Crippen MR) is 90.3 cm³/mol. The summed E-state index contributed by atoms with van der Waals surface area (Å²) < 4.78 is 17.9. The second-order valence-corrected chi connectivity index (χ2v) is 6.44. The molecule has 2 aromatic rings. The number of hydrogen-bond acceptors (Lipinski definition) is 5. The maximum Gasteiger partial charge on any atom is 0.226 e. The number of hydrogen-bond donors (Lipinski definition) is 1. The van der Waals surface area contributed by atoms with Gasteiger partial charge in [-0.05, 0) is 50.6 Å². The van der Waals surface area contributed by atoms with Crippen molar-refractivity contribution in [2.24, 2.45) is 0 Å². The number of rotatable bonds is 6. The zero-order chi connectivity index (χ0) is 17.6. The largest absolute Gasteiger partial charge is 0.354 e. The van der Waals surface area contributed by atoms with Gasteiger partial charge in [-0.15, -0.1) is 0 Å². The first-order valence-electron chi connectivity index (χ1n) is 8.68. The van der Waals surface area contributed by atoms with Crippen molar-refractivity contribution in [1.29, 1.82) is 0 Å². The lowest BCUT2D eigenvalue weighted by atomic mass is 10.0. The standard InChI is InChI=1S/C18H23FN4O2/c1-13-16(22-25-21-13)11-18(24)20-12-17(23-9-3-2-4-10-23)14-5-7-15(19)8-6-14/h5-8,17H,2-4,9-12H2,1H3,(H,20,24)/t17-/m1/s1. The van der Waals surface area contributed by atoms with E-state index >= 15 is 0 Å². The van der Waals surface area contributed by atoms with Crippen LogP contribution in [-0.4, -0.2) is 40.8 Å². The summed E-state index contributed by atoms with van der Waals surface area (Å²) in [5.41, 5.74) is 2.19. The minimum absolute atomic E-state index is 0.0429. The van der Waals surface area contributed by atoms with E-state index in [4.69, 9.17) is 0 Å². The van der Waals surface area contributed by atoms with Crippen molar-refractivity contribution in [3.63, 3.8) is 0 Å². The maximum absolute atomic E-state index is 13.3. The smallest absolute Gasteiger partial charge is 0.226 e. The molecule has 3 rings (SSSR count). The fraction of sp³-hybridized carbons (Fsp3) is 0.500. The van der Waals surface area contributed by atoms with Crippen LogP contribution in [0.3, 0.4) is 0 Å². The van der Waals surface area contributed by atoms with Crippen molar-refractivity contribution >= 4 is 5.91 Å². The van der Waals surface area contributed by atoms with Crippen molar-refractivity contribution in [3.8, 4) is 0 Å². The van der Waals surface area contributed by atoms with E-state index in [0.29, 0.717) is 17.9 Å². The lowest BCUT2D eigenvalue weighted by Gasteiger charge is -2.35. The number of benzene rings is 1. The minimum Gasteiger partial charge on any atom is -0.354 e. The Bertz CT molecular complexity index is 695. The van der Waals surface area contributed by atoms with Crippen LogP contribution in [-0.2, 0) is 11.2 Å². The monoisotopic (exact) mass is 346 g/mol. The van der Waals surface area contributed by atoms with Gasteiger partial charge < -0.3 is 5.32 Å². The highest BCUT2D eigenvalue weighted by Crippen LogP contribution is 2.24. The fourth-order valence-corrected chi connectivity index (χ4v) is 3.21. The number of carbonyl (C=O) groups is 1. The van der Waals surface area contributed by atoms with Gasteiger partial charge in [-0.25, -0.2) is 9.02 Å². The van der Waals surface area contributed by atoms with Crippen LogP contribution < -0.4 is 5.32 Å². The first kappa shape index (κ1) is 17.5. The van der Waals surface area contributed by atoms with Gasteiger partial charge in [-0.2, -0.15) is 0 Å². The van der Waals surface area contributed by atoms with Gasteiger partial charge in [-0.3, -0.25) is 9.69 Å². The Morgan fingerprint density at radius 2 is 1.96 bits per heavy atom. The van der Waals surface area contributed by atoms with E-state index in [1.165, 1.54) is 18.6 Å². The first-order valence-corrected chi connectivity index (χ1v) is 8.68. The molecule has 1 aliphatic heterocycles. The van der Waals surface area contributed by atoms with Gasteiger partial charge in [0.1, 0.15) is 17.2 Å². The molecule has 0 aliphatic carbocycles. The van der Waals surface area contributed by atoms with Gasteiger partial charge in [0.2, 0.25) is 5.91 Å². The third-order valence-corrected chi connectivity index (χ3v) is 4.65. The number of likely N-dealkylation sites (tertiary alicyclic amines) is 1. The number of aryl methyl sites for hydroxylation is 1. The van der Waals surface area contributed by atoms with Crippen molar-refractivity contribution in [2.75, 3.05) is 19.6 Å². The third kappa shape index (κ3) is 4.63. The average Bonchev–Trinajstić information content (AvgIpc) is 3.02. The molecule has 0 radical (unpaired) electrons. The number of amides is 1. The molecule has 1 aromatic carbocycles. The van der Waals surface area contributed by atoms with E-state index < -0.39 is 0 Å². The summed E-state index contributed by atoms with van der Waals surface area (Å²) in [5.74, 6) is -0.373. The highest BCUT2D eigenvalue weighted by atomic mass is 19.1. The van der Waals surface area contributed by atoms with E-state index in [2.05, 4.69) is 25.2 Å². The van der Waals surface area contributed by atoms with Crippen LogP contribution in [0.5, 0.6) is 0 Å². The summed E-state index contributed by atoms with van der Waals surface area (Å²) in [6, 6.07) is 6.58. The molecule has 1 atom stereocenters. The van der Waals surface area contributed by atoms with Crippen LogP contribution in [0.1, 0.15) is 42.3 Å². The van der Waals surface area contributed by atoms with Crippen LogP contribution >= 0.6 is 0 Å². The van der Waals surface area contributed by atoms with Crippen LogP contribution in [0.4, 0.5) is 4.39 Å². The topological polar surface area (TPSA) is 71.3 Å². The number of aromatic nitrogens is 2. The summed E-state index contributed by atoms with van der Waals surface area (Å²) in [4.78, 5) is 14.6. The molecular formula is C18H23FN4O2. The Balaban J connectivity index is 1.65.